The van der Waals surface area contributed by atoms with Crippen molar-refractivity contribution in [3.05, 3.63) is 0 Å². The number of hydrogen-bond donors (Lipinski definition) is 1. The maximum atomic E-state index is 11.5. The summed E-state index contributed by atoms with van der Waals surface area (Å²) in [6.07, 6.45) is 7.73. The summed E-state index contributed by atoms with van der Waals surface area (Å²) in [4.78, 5) is 5.71. The Balaban J connectivity index is 3.57. The normalized spacial score (nSPS) is 13.2. The highest BCUT2D eigenvalue weighted by atomic mass is 19.3. The van der Waals surface area contributed by atoms with Crippen LogP contribution in [0.25, 0.3) is 0 Å². The lowest BCUT2D eigenvalue weighted by Crippen LogP contribution is -2.35. The molecule has 0 aliphatic rings. The maximum Gasteiger partial charge on any atom is 0.0876 e. The summed E-state index contributed by atoms with van der Waals surface area (Å²) in [5, 5.41) is 9.26. The minimum atomic E-state index is 0.126. The molecule has 1 N–H and O–H groups in total. The zero-order chi connectivity index (χ0) is 12.9. The summed E-state index contributed by atoms with van der Waals surface area (Å²) in [5.41, 5.74) is 0. The average molecular weight is 249 g/mol. The van der Waals surface area contributed by atoms with Crippen molar-refractivity contribution < 1.29 is 14.6 Å². The standard InChI is InChI=1S/C13H28FNO2/c1-3-4-5-6-7-10-15(2)13(12-16)9-8-11-17-14/h13,16H,3-12H2,1-2H3. The number of aliphatic hydroxyl groups is 1. The molecule has 4 heteroatoms. The molecule has 0 aliphatic heterocycles. The van der Waals surface area contributed by atoms with E-state index in [1.54, 1.807) is 0 Å². The Morgan fingerprint density at radius 2 is 1.88 bits per heavy atom. The monoisotopic (exact) mass is 249 g/mol. The highest BCUT2D eigenvalue weighted by Gasteiger charge is 2.12. The summed E-state index contributed by atoms with van der Waals surface area (Å²) in [6, 6.07) is 0.135. The molecular formula is C13H28FNO2. The maximum absolute atomic E-state index is 11.5. The highest BCUT2D eigenvalue weighted by molar-refractivity contribution is 4.67. The van der Waals surface area contributed by atoms with Crippen LogP contribution >= 0.6 is 0 Å². The Hall–Kier alpha value is -0.190. The van der Waals surface area contributed by atoms with Crippen LogP contribution in [0.1, 0.15) is 51.9 Å². The van der Waals surface area contributed by atoms with Gasteiger partial charge in [0, 0.05) is 6.04 Å². The lowest BCUT2D eigenvalue weighted by atomic mass is 10.1. The van der Waals surface area contributed by atoms with E-state index in [-0.39, 0.29) is 19.3 Å². The summed E-state index contributed by atoms with van der Waals surface area (Å²) < 4.78 is 11.5. The number of hydrogen-bond acceptors (Lipinski definition) is 3. The van der Waals surface area contributed by atoms with E-state index in [4.69, 9.17) is 0 Å². The molecule has 1 unspecified atom stereocenters. The number of halogens is 1. The van der Waals surface area contributed by atoms with Crippen LogP contribution in [-0.2, 0) is 4.94 Å². The smallest absolute Gasteiger partial charge is 0.0876 e. The van der Waals surface area contributed by atoms with E-state index in [2.05, 4.69) is 16.8 Å². The molecule has 0 aromatic rings. The molecule has 0 bridgehead atoms. The zero-order valence-corrected chi connectivity index (χ0v) is 11.3. The van der Waals surface area contributed by atoms with Crippen LogP contribution in [0.5, 0.6) is 0 Å². The van der Waals surface area contributed by atoms with Crippen molar-refractivity contribution >= 4 is 0 Å². The number of unbranched alkanes of at least 4 members (excludes halogenated alkanes) is 4. The number of aliphatic hydroxyl groups excluding tert-OH is 1. The van der Waals surface area contributed by atoms with Crippen LogP contribution in [0, 0.1) is 0 Å². The van der Waals surface area contributed by atoms with Crippen molar-refractivity contribution in [3.63, 3.8) is 0 Å². The molecule has 0 heterocycles. The minimum Gasteiger partial charge on any atom is -0.395 e. The van der Waals surface area contributed by atoms with Crippen molar-refractivity contribution in [1.82, 2.24) is 4.90 Å². The molecule has 104 valence electrons. The lowest BCUT2D eigenvalue weighted by molar-refractivity contribution is -0.133. The number of rotatable bonds is 12. The highest BCUT2D eigenvalue weighted by Crippen LogP contribution is 2.08. The van der Waals surface area contributed by atoms with E-state index in [1.165, 1.54) is 32.1 Å². The predicted octanol–water partition coefficient (Wildman–Crippen LogP) is 2.93. The third-order valence-electron chi connectivity index (χ3n) is 3.21. The Morgan fingerprint density at radius 3 is 2.47 bits per heavy atom. The van der Waals surface area contributed by atoms with E-state index in [0.29, 0.717) is 6.42 Å². The molecule has 1 atom stereocenters. The van der Waals surface area contributed by atoms with Crippen LogP contribution in [0.4, 0.5) is 4.53 Å². The quantitative estimate of drug-likeness (QED) is 0.540. The van der Waals surface area contributed by atoms with Gasteiger partial charge in [-0.15, -0.1) is 0 Å². The van der Waals surface area contributed by atoms with Gasteiger partial charge in [-0.25, -0.2) is 0 Å². The molecule has 3 nitrogen and oxygen atoms in total. The molecule has 0 aliphatic carbocycles. The fourth-order valence-corrected chi connectivity index (χ4v) is 1.97. The molecular weight excluding hydrogens is 221 g/mol. The second-order valence-corrected chi connectivity index (χ2v) is 4.69. The second-order valence-electron chi connectivity index (χ2n) is 4.69. The molecule has 0 saturated heterocycles. The van der Waals surface area contributed by atoms with Gasteiger partial charge in [0.1, 0.15) is 0 Å². The van der Waals surface area contributed by atoms with Gasteiger partial charge in [-0.2, -0.15) is 4.94 Å². The van der Waals surface area contributed by atoms with E-state index < -0.39 is 0 Å². The number of nitrogens with zero attached hydrogens (tertiary/aromatic N) is 1. The molecule has 0 spiro atoms. The van der Waals surface area contributed by atoms with Gasteiger partial charge in [-0.05, 0) is 37.4 Å². The first-order valence-electron chi connectivity index (χ1n) is 6.80. The van der Waals surface area contributed by atoms with Gasteiger partial charge in [-0.3, -0.25) is 0 Å². The third kappa shape index (κ3) is 9.51. The van der Waals surface area contributed by atoms with Crippen LogP contribution < -0.4 is 0 Å². The Kier molecular flexibility index (Phi) is 12.1. The Bertz CT molecular complexity index is 158. The van der Waals surface area contributed by atoms with Gasteiger partial charge in [0.15, 0.2) is 0 Å². The van der Waals surface area contributed by atoms with Crippen molar-refractivity contribution in [2.45, 2.75) is 57.9 Å². The Labute approximate surface area is 105 Å². The topological polar surface area (TPSA) is 32.7 Å². The molecule has 0 aromatic heterocycles. The SMILES string of the molecule is CCCCCCCN(C)C(CO)CCCOF. The summed E-state index contributed by atoms with van der Waals surface area (Å²) in [5.74, 6) is 0. The van der Waals surface area contributed by atoms with Gasteiger partial charge in [0.25, 0.3) is 0 Å². The molecule has 0 fully saturated rings. The molecule has 0 aromatic carbocycles. The molecule has 0 rings (SSSR count). The molecule has 17 heavy (non-hydrogen) atoms. The van der Waals surface area contributed by atoms with Crippen LogP contribution in [0.3, 0.4) is 0 Å². The lowest BCUT2D eigenvalue weighted by Gasteiger charge is -2.26. The van der Waals surface area contributed by atoms with Crippen LogP contribution in [0.2, 0.25) is 0 Å². The van der Waals surface area contributed by atoms with E-state index in [0.717, 1.165) is 13.0 Å². The summed E-state index contributed by atoms with van der Waals surface area (Å²) in [7, 11) is 2.02. The van der Waals surface area contributed by atoms with E-state index in [1.807, 2.05) is 7.05 Å². The van der Waals surface area contributed by atoms with Crippen molar-refractivity contribution in [1.29, 1.82) is 0 Å². The first-order chi connectivity index (χ1) is 8.26. The first-order valence-corrected chi connectivity index (χ1v) is 6.80. The second kappa shape index (κ2) is 12.3. The van der Waals surface area contributed by atoms with Crippen LogP contribution in [0.15, 0.2) is 0 Å². The Morgan fingerprint density at radius 1 is 1.18 bits per heavy atom. The van der Waals surface area contributed by atoms with Gasteiger partial charge in [0.2, 0.25) is 0 Å². The van der Waals surface area contributed by atoms with Crippen molar-refractivity contribution in [2.24, 2.45) is 0 Å². The summed E-state index contributed by atoms with van der Waals surface area (Å²) >= 11 is 0. The van der Waals surface area contributed by atoms with E-state index >= 15 is 0 Å². The van der Waals surface area contributed by atoms with Crippen molar-refractivity contribution in [3.8, 4) is 0 Å². The summed E-state index contributed by atoms with van der Waals surface area (Å²) in [6.45, 7) is 3.48. The average Bonchev–Trinajstić information content (AvgIpc) is 2.34. The fraction of sp³-hybridized carbons (Fsp3) is 1.00. The minimum absolute atomic E-state index is 0.126. The first kappa shape index (κ1) is 16.8. The van der Waals surface area contributed by atoms with Gasteiger partial charge >= 0.3 is 0 Å². The fourth-order valence-electron chi connectivity index (χ4n) is 1.97. The molecule has 0 amide bonds. The molecule has 0 radical (unpaired) electrons. The predicted molar refractivity (Wildman–Crippen MR) is 68.6 cm³/mol. The third-order valence-corrected chi connectivity index (χ3v) is 3.21. The molecule has 0 saturated carbocycles. The van der Waals surface area contributed by atoms with Gasteiger partial charge < -0.3 is 10.0 Å². The van der Waals surface area contributed by atoms with E-state index in [9.17, 15) is 9.63 Å². The zero-order valence-electron chi connectivity index (χ0n) is 11.3. The largest absolute Gasteiger partial charge is 0.395 e. The van der Waals surface area contributed by atoms with Gasteiger partial charge in [0.05, 0.1) is 13.2 Å². The van der Waals surface area contributed by atoms with Crippen molar-refractivity contribution in [2.75, 3.05) is 26.8 Å². The number of likely N-dealkylation sites (N-methyl/N-ethyl adjacent to an activating group) is 1. The van der Waals surface area contributed by atoms with Crippen LogP contribution in [-0.4, -0.2) is 42.9 Å². The van der Waals surface area contributed by atoms with Gasteiger partial charge in [-0.1, -0.05) is 32.6 Å².